The Bertz CT molecular complexity index is 399. The summed E-state index contributed by atoms with van der Waals surface area (Å²) >= 11 is 5.07. The van der Waals surface area contributed by atoms with Crippen molar-refractivity contribution in [2.24, 2.45) is 11.1 Å². The third-order valence-corrected chi connectivity index (χ3v) is 5.37. The molecule has 2 rings (SSSR count). The summed E-state index contributed by atoms with van der Waals surface area (Å²) < 4.78 is 6.34. The van der Waals surface area contributed by atoms with Crippen molar-refractivity contribution in [2.75, 3.05) is 19.8 Å². The number of rotatable bonds is 4. The Morgan fingerprint density at radius 1 is 1.53 bits per heavy atom. The molecule has 0 amide bonds. The molecule has 1 aromatic rings. The summed E-state index contributed by atoms with van der Waals surface area (Å²) in [5.41, 5.74) is 5.46. The highest BCUT2D eigenvalue weighted by Gasteiger charge is 2.38. The van der Waals surface area contributed by atoms with Crippen LogP contribution >= 0.6 is 27.3 Å². The molecule has 0 atom stereocenters. The van der Waals surface area contributed by atoms with Crippen LogP contribution in [0.25, 0.3) is 0 Å². The molecule has 0 spiro atoms. The molecule has 1 aromatic heterocycles. The zero-order chi connectivity index (χ0) is 12.3. The first-order valence-electron chi connectivity index (χ1n) is 5.71. The van der Waals surface area contributed by atoms with Gasteiger partial charge < -0.3 is 10.5 Å². The highest BCUT2D eigenvalue weighted by molar-refractivity contribution is 9.10. The van der Waals surface area contributed by atoms with Crippen LogP contribution < -0.4 is 5.73 Å². The van der Waals surface area contributed by atoms with Gasteiger partial charge in [-0.1, -0.05) is 0 Å². The summed E-state index contributed by atoms with van der Waals surface area (Å²) in [7, 11) is 0. The molecule has 2 heterocycles. The van der Waals surface area contributed by atoms with E-state index >= 15 is 0 Å². The first kappa shape index (κ1) is 13.2. The quantitative estimate of drug-likeness (QED) is 0.927. The van der Waals surface area contributed by atoms with Crippen LogP contribution in [0.3, 0.4) is 0 Å². The predicted octanol–water partition coefficient (Wildman–Crippen LogP) is 2.38. The number of halogens is 1. The molecule has 3 nitrogen and oxygen atoms in total. The highest BCUT2D eigenvalue weighted by Crippen LogP contribution is 2.33. The number of thiophene rings is 1. The lowest BCUT2D eigenvalue weighted by Gasteiger charge is -2.34. The average Bonchev–Trinajstić information content (AvgIpc) is 2.76. The van der Waals surface area contributed by atoms with Crippen molar-refractivity contribution >= 4 is 33.0 Å². The second kappa shape index (κ2) is 5.61. The lowest BCUT2D eigenvalue weighted by atomic mass is 9.75. The number of carbonyl (C=O) groups is 1. The summed E-state index contributed by atoms with van der Waals surface area (Å²) in [6.45, 7) is 1.72. The molecule has 2 N–H and O–H groups in total. The van der Waals surface area contributed by atoms with Crippen molar-refractivity contribution in [2.45, 2.75) is 19.3 Å². The third-order valence-electron chi connectivity index (χ3n) is 3.44. The number of hydrogen-bond acceptors (Lipinski definition) is 4. The number of ether oxygens (including phenoxy) is 1. The van der Waals surface area contributed by atoms with E-state index in [2.05, 4.69) is 15.9 Å². The number of carbonyl (C=O) groups excluding carboxylic acids is 1. The van der Waals surface area contributed by atoms with E-state index in [1.54, 1.807) is 11.3 Å². The molecule has 17 heavy (non-hydrogen) atoms. The number of hydrogen-bond donors (Lipinski definition) is 1. The third kappa shape index (κ3) is 2.78. The van der Waals surface area contributed by atoms with E-state index in [1.165, 1.54) is 0 Å². The molecule has 5 heteroatoms. The van der Waals surface area contributed by atoms with Crippen molar-refractivity contribution in [3.05, 3.63) is 20.8 Å². The Labute approximate surface area is 113 Å². The van der Waals surface area contributed by atoms with Gasteiger partial charge in [0.2, 0.25) is 0 Å². The summed E-state index contributed by atoms with van der Waals surface area (Å²) in [6.07, 6.45) is 1.99. The lowest BCUT2D eigenvalue weighted by Crippen LogP contribution is -2.44. The van der Waals surface area contributed by atoms with E-state index in [0.717, 1.165) is 22.2 Å². The maximum absolute atomic E-state index is 12.4. The molecule has 1 aliphatic rings. The fourth-order valence-electron chi connectivity index (χ4n) is 2.14. The Hall–Kier alpha value is -0.230. The van der Waals surface area contributed by atoms with Crippen LogP contribution in [0.4, 0.5) is 0 Å². The molecule has 0 aromatic carbocycles. The van der Waals surface area contributed by atoms with E-state index in [-0.39, 0.29) is 11.2 Å². The lowest BCUT2D eigenvalue weighted by molar-refractivity contribution is -0.132. The van der Waals surface area contributed by atoms with Crippen LogP contribution in [-0.2, 0) is 16.0 Å². The summed E-state index contributed by atoms with van der Waals surface area (Å²) in [4.78, 5) is 13.5. The Kier molecular flexibility index (Phi) is 4.36. The van der Waals surface area contributed by atoms with Gasteiger partial charge in [0.25, 0.3) is 0 Å². The van der Waals surface area contributed by atoms with Gasteiger partial charge in [-0.3, -0.25) is 4.79 Å². The van der Waals surface area contributed by atoms with E-state index < -0.39 is 0 Å². The van der Waals surface area contributed by atoms with Crippen LogP contribution in [0.5, 0.6) is 0 Å². The van der Waals surface area contributed by atoms with Gasteiger partial charge in [0.1, 0.15) is 5.78 Å². The largest absolute Gasteiger partial charge is 0.381 e. The minimum absolute atomic E-state index is 0.256. The van der Waals surface area contributed by atoms with E-state index in [4.69, 9.17) is 10.5 Å². The summed E-state index contributed by atoms with van der Waals surface area (Å²) in [6, 6.07) is 1.98. The van der Waals surface area contributed by atoms with Crippen molar-refractivity contribution < 1.29 is 9.53 Å². The van der Waals surface area contributed by atoms with E-state index in [9.17, 15) is 4.79 Å². The van der Waals surface area contributed by atoms with Crippen LogP contribution in [0.2, 0.25) is 0 Å². The normalized spacial score (nSPS) is 19.2. The molecule has 94 valence electrons. The summed E-state index contributed by atoms with van der Waals surface area (Å²) in [5.74, 6) is 0.256. The molecular formula is C12H16BrNO2S. The van der Waals surface area contributed by atoms with Crippen molar-refractivity contribution in [3.63, 3.8) is 0 Å². The molecule has 0 bridgehead atoms. The first-order chi connectivity index (χ1) is 8.18. The maximum atomic E-state index is 12.4. The topological polar surface area (TPSA) is 52.3 Å². The monoisotopic (exact) mass is 317 g/mol. The standard InChI is InChI=1S/C12H16BrNO2S/c13-9-1-6-17-10(9)7-11(15)12(8-14)2-4-16-5-3-12/h1,6H,2-5,7-8,14H2. The molecule has 0 unspecified atom stereocenters. The molecule has 0 aliphatic carbocycles. The Morgan fingerprint density at radius 2 is 2.24 bits per heavy atom. The van der Waals surface area contributed by atoms with Gasteiger partial charge in [-0.15, -0.1) is 11.3 Å². The zero-order valence-electron chi connectivity index (χ0n) is 9.58. The average molecular weight is 318 g/mol. The van der Waals surface area contributed by atoms with Crippen molar-refractivity contribution in [1.29, 1.82) is 0 Å². The van der Waals surface area contributed by atoms with Crippen LogP contribution in [0, 0.1) is 5.41 Å². The molecule has 1 saturated heterocycles. The molecule has 1 fully saturated rings. The fraction of sp³-hybridized carbons (Fsp3) is 0.583. The predicted molar refractivity (Wildman–Crippen MR) is 72.3 cm³/mol. The molecule has 0 saturated carbocycles. The van der Waals surface area contributed by atoms with Gasteiger partial charge >= 0.3 is 0 Å². The molecule has 0 radical (unpaired) electrons. The fourth-order valence-corrected chi connectivity index (χ4v) is 3.63. The second-order valence-corrected chi connectivity index (χ2v) is 6.24. The first-order valence-corrected chi connectivity index (χ1v) is 7.38. The van der Waals surface area contributed by atoms with Crippen molar-refractivity contribution in [1.82, 2.24) is 0 Å². The maximum Gasteiger partial charge on any atom is 0.145 e. The highest BCUT2D eigenvalue weighted by atomic mass is 79.9. The smallest absolute Gasteiger partial charge is 0.145 e. The Morgan fingerprint density at radius 3 is 2.76 bits per heavy atom. The molecular weight excluding hydrogens is 302 g/mol. The zero-order valence-corrected chi connectivity index (χ0v) is 12.0. The minimum atomic E-state index is -0.359. The van der Waals surface area contributed by atoms with Crippen molar-refractivity contribution in [3.8, 4) is 0 Å². The van der Waals surface area contributed by atoms with Crippen LogP contribution in [0.15, 0.2) is 15.9 Å². The van der Waals surface area contributed by atoms with E-state index in [1.807, 2.05) is 11.4 Å². The van der Waals surface area contributed by atoms with Crippen LogP contribution in [-0.4, -0.2) is 25.5 Å². The van der Waals surface area contributed by atoms with Gasteiger partial charge in [-0.05, 0) is 40.2 Å². The summed E-state index contributed by atoms with van der Waals surface area (Å²) in [5, 5.41) is 1.99. The second-order valence-electron chi connectivity index (χ2n) is 4.39. The minimum Gasteiger partial charge on any atom is -0.381 e. The Balaban J connectivity index is 2.10. The number of ketones is 1. The number of Topliss-reactive ketones (excluding diaryl/α,β-unsaturated/α-hetero) is 1. The van der Waals surface area contributed by atoms with Gasteiger partial charge in [0, 0.05) is 40.9 Å². The number of nitrogens with two attached hydrogens (primary N) is 1. The van der Waals surface area contributed by atoms with Crippen LogP contribution in [0.1, 0.15) is 17.7 Å². The van der Waals surface area contributed by atoms with Gasteiger partial charge in [-0.2, -0.15) is 0 Å². The van der Waals surface area contributed by atoms with Gasteiger partial charge in [0.05, 0.1) is 0 Å². The SMILES string of the molecule is NCC1(C(=O)Cc2sccc2Br)CCOCC1. The van der Waals surface area contributed by atoms with E-state index in [0.29, 0.717) is 26.2 Å². The van der Waals surface area contributed by atoms with Gasteiger partial charge in [0.15, 0.2) is 0 Å². The van der Waals surface area contributed by atoms with Gasteiger partial charge in [-0.25, -0.2) is 0 Å². The molecule has 1 aliphatic heterocycles.